The van der Waals surface area contributed by atoms with Gasteiger partial charge in [0.15, 0.2) is 6.10 Å². The zero-order chi connectivity index (χ0) is 56.8. The molecular weight excluding hydrogens is 1030 g/mol. The van der Waals surface area contributed by atoms with Crippen molar-refractivity contribution in [3.8, 4) is 0 Å². The van der Waals surface area contributed by atoms with Gasteiger partial charge in [0.05, 0.1) is 26.4 Å². The van der Waals surface area contributed by atoms with Gasteiger partial charge in [0.2, 0.25) is 0 Å². The third kappa shape index (κ3) is 55.5. The molecule has 0 saturated heterocycles. The van der Waals surface area contributed by atoms with Crippen LogP contribution < -0.4 is 0 Å². The van der Waals surface area contributed by atoms with Crippen LogP contribution in [-0.4, -0.2) is 95.9 Å². The molecule has 5 atom stereocenters. The number of rotatable bonds is 58. The highest BCUT2D eigenvalue weighted by Gasteiger charge is 2.29. The van der Waals surface area contributed by atoms with Gasteiger partial charge in [-0.2, -0.15) is 0 Å². The van der Waals surface area contributed by atoms with E-state index < -0.39 is 91.5 Å². The van der Waals surface area contributed by atoms with E-state index in [-0.39, 0.29) is 19.3 Å². The molecule has 0 radical (unpaired) electrons. The topological polar surface area (TPSA) is 231 Å². The molecule has 0 rings (SSSR count). The van der Waals surface area contributed by atoms with Crippen LogP contribution in [0.4, 0.5) is 0 Å². The number of aliphatic hydroxyl groups excluding tert-OH is 2. The normalized spacial score (nSPS) is 14.7. The van der Waals surface area contributed by atoms with Crippen LogP contribution in [-0.2, 0) is 55.8 Å². The van der Waals surface area contributed by atoms with E-state index in [2.05, 4.69) is 57.2 Å². The molecule has 18 heteroatoms. The smallest absolute Gasteiger partial charge is 0.463 e. The molecule has 0 aromatic rings. The highest BCUT2D eigenvalue weighted by Crippen LogP contribution is 2.45. The number of unbranched alkanes of at least 4 members (excludes halogenated alkanes) is 29. The summed E-state index contributed by atoms with van der Waals surface area (Å²) in [5, 5.41) is 20.4. The van der Waals surface area contributed by atoms with Crippen LogP contribution in [0.25, 0.3) is 0 Å². The minimum absolute atomic E-state index is 0.112. The molecule has 0 aromatic carbocycles. The number of carbonyl (C=O) groups is 3. The molecule has 0 aromatic heterocycles. The van der Waals surface area contributed by atoms with Gasteiger partial charge >= 0.3 is 33.6 Å². The number of hydrogen-bond acceptors (Lipinski definition) is 14. The standard InChI is InChI=1S/C59H110O16P2/c1-4-7-10-13-16-19-22-23-24-25-26-27-28-29-32-34-36-39-42-45-57(62)69-48-54(60)49-71-76(65,66)72-50-55(61)51-73-77(67,68)74-53-56(75-59(64)47-44-41-38-35-31-21-18-15-12-9-6-3)52-70-58(63)46-43-40-37-33-30-20-17-14-11-8-5-2/h16,19,23-24,26-27,54-56,60-61H,4-15,17-18,20-22,25,28-53H2,1-3H3,(H,65,66)(H,67,68)/b19-16-,24-23-,27-26-. The maximum Gasteiger partial charge on any atom is 0.472 e. The minimum atomic E-state index is -4.90. The fourth-order valence-electron chi connectivity index (χ4n) is 8.16. The Hall–Kier alpha value is -2.23. The lowest BCUT2D eigenvalue weighted by Crippen LogP contribution is -2.30. The average molecular weight is 1140 g/mol. The Morgan fingerprint density at radius 3 is 1.05 bits per heavy atom. The van der Waals surface area contributed by atoms with Gasteiger partial charge in [-0.05, 0) is 57.8 Å². The first-order valence-corrected chi connectivity index (χ1v) is 33.3. The maximum atomic E-state index is 12.8. The van der Waals surface area contributed by atoms with Crippen molar-refractivity contribution in [1.29, 1.82) is 0 Å². The average Bonchev–Trinajstić information content (AvgIpc) is 3.40. The fraction of sp³-hybridized carbons (Fsp3) is 0.847. The monoisotopic (exact) mass is 1140 g/mol. The zero-order valence-corrected chi connectivity index (χ0v) is 50.2. The third-order valence-corrected chi connectivity index (χ3v) is 14.8. The number of aliphatic hydroxyl groups is 2. The Bertz CT molecular complexity index is 1570. The molecule has 77 heavy (non-hydrogen) atoms. The SMILES string of the molecule is CCCCC/C=C\C/C=C\C/C=C\CCCCCCCCC(=O)OCC(O)COP(=O)(O)OCC(O)COP(=O)(O)OCC(COC(=O)CCCCCCCCCCCCC)OC(=O)CCCCCCCCCCCCC. The van der Waals surface area contributed by atoms with E-state index in [0.29, 0.717) is 19.3 Å². The molecule has 16 nitrogen and oxygen atoms in total. The minimum Gasteiger partial charge on any atom is -0.463 e. The third-order valence-electron chi connectivity index (χ3n) is 12.9. The summed E-state index contributed by atoms with van der Waals surface area (Å²) in [4.78, 5) is 57.9. The van der Waals surface area contributed by atoms with E-state index in [0.717, 1.165) is 96.3 Å². The lowest BCUT2D eigenvalue weighted by atomic mass is 10.1. The van der Waals surface area contributed by atoms with Crippen LogP contribution in [0.15, 0.2) is 36.5 Å². The molecule has 0 saturated carbocycles. The van der Waals surface area contributed by atoms with Gasteiger partial charge in [-0.25, -0.2) is 9.13 Å². The molecule has 0 aliphatic carbocycles. The number of hydrogen-bond donors (Lipinski definition) is 4. The number of esters is 3. The highest BCUT2D eigenvalue weighted by molar-refractivity contribution is 7.47. The van der Waals surface area contributed by atoms with Crippen LogP contribution >= 0.6 is 15.6 Å². The van der Waals surface area contributed by atoms with Crippen LogP contribution in [0.2, 0.25) is 0 Å². The Morgan fingerprint density at radius 2 is 0.649 bits per heavy atom. The van der Waals surface area contributed by atoms with Crippen molar-refractivity contribution < 1.29 is 75.8 Å². The van der Waals surface area contributed by atoms with E-state index in [9.17, 15) is 43.5 Å². The van der Waals surface area contributed by atoms with E-state index in [1.165, 1.54) is 109 Å². The van der Waals surface area contributed by atoms with Gasteiger partial charge in [-0.1, -0.05) is 224 Å². The quantitative estimate of drug-likeness (QED) is 0.0146. The predicted molar refractivity (Wildman–Crippen MR) is 307 cm³/mol. The summed E-state index contributed by atoms with van der Waals surface area (Å²) in [6, 6.07) is 0. The number of phosphoric acid groups is 2. The highest BCUT2D eigenvalue weighted by atomic mass is 31.2. The summed E-state index contributed by atoms with van der Waals surface area (Å²) in [5.41, 5.74) is 0. The zero-order valence-electron chi connectivity index (χ0n) is 48.4. The van der Waals surface area contributed by atoms with Crippen molar-refractivity contribution in [1.82, 2.24) is 0 Å². The number of allylic oxidation sites excluding steroid dienone is 6. The Balaban J connectivity index is 4.55. The lowest BCUT2D eigenvalue weighted by Gasteiger charge is -2.21. The summed E-state index contributed by atoms with van der Waals surface area (Å²) in [7, 11) is -9.74. The second kappa shape index (κ2) is 54.4. The molecule has 0 spiro atoms. The molecule has 0 aliphatic rings. The van der Waals surface area contributed by atoms with Crippen molar-refractivity contribution in [2.45, 2.75) is 283 Å². The largest absolute Gasteiger partial charge is 0.472 e. The summed E-state index contributed by atoms with van der Waals surface area (Å²) in [5.74, 6) is -1.57. The van der Waals surface area contributed by atoms with Gasteiger partial charge in [-0.15, -0.1) is 0 Å². The fourth-order valence-corrected chi connectivity index (χ4v) is 9.75. The first-order chi connectivity index (χ1) is 37.2. The Kier molecular flexibility index (Phi) is 52.8. The second-order valence-corrected chi connectivity index (χ2v) is 23.4. The first-order valence-electron chi connectivity index (χ1n) is 30.3. The molecule has 0 heterocycles. The Labute approximate surface area is 466 Å². The summed E-state index contributed by atoms with van der Waals surface area (Å²) in [6.45, 7) is 2.61. The molecule has 4 N–H and O–H groups in total. The molecule has 0 aliphatic heterocycles. The molecule has 0 amide bonds. The van der Waals surface area contributed by atoms with E-state index in [1.807, 2.05) is 0 Å². The number of ether oxygens (including phenoxy) is 3. The summed E-state index contributed by atoms with van der Waals surface area (Å²) < 4.78 is 60.5. The molecular formula is C59H110O16P2. The van der Waals surface area contributed by atoms with Gasteiger partial charge in [-0.3, -0.25) is 32.5 Å². The first kappa shape index (κ1) is 74.8. The molecule has 5 unspecified atom stereocenters. The van der Waals surface area contributed by atoms with Crippen LogP contribution in [0, 0.1) is 0 Å². The van der Waals surface area contributed by atoms with Gasteiger partial charge < -0.3 is 34.2 Å². The number of carbonyl (C=O) groups excluding carboxylic acids is 3. The van der Waals surface area contributed by atoms with Crippen LogP contribution in [0.5, 0.6) is 0 Å². The van der Waals surface area contributed by atoms with E-state index in [1.54, 1.807) is 0 Å². The lowest BCUT2D eigenvalue weighted by molar-refractivity contribution is -0.161. The van der Waals surface area contributed by atoms with Crippen LogP contribution in [0.3, 0.4) is 0 Å². The molecule has 0 fully saturated rings. The van der Waals surface area contributed by atoms with Gasteiger partial charge in [0.25, 0.3) is 0 Å². The van der Waals surface area contributed by atoms with Crippen molar-refractivity contribution in [2.75, 3.05) is 39.6 Å². The van der Waals surface area contributed by atoms with Crippen molar-refractivity contribution in [3.05, 3.63) is 36.5 Å². The van der Waals surface area contributed by atoms with Crippen molar-refractivity contribution in [2.24, 2.45) is 0 Å². The van der Waals surface area contributed by atoms with E-state index in [4.69, 9.17) is 32.3 Å². The van der Waals surface area contributed by atoms with Crippen molar-refractivity contribution >= 4 is 33.6 Å². The maximum absolute atomic E-state index is 12.8. The molecule has 452 valence electrons. The number of phosphoric ester groups is 2. The van der Waals surface area contributed by atoms with E-state index >= 15 is 0 Å². The van der Waals surface area contributed by atoms with Gasteiger partial charge in [0, 0.05) is 19.3 Å². The summed E-state index contributed by atoms with van der Waals surface area (Å²) in [6.07, 6.45) is 47.9. The second-order valence-electron chi connectivity index (χ2n) is 20.5. The molecule has 0 bridgehead atoms. The van der Waals surface area contributed by atoms with Gasteiger partial charge in [0.1, 0.15) is 25.4 Å². The van der Waals surface area contributed by atoms with Crippen molar-refractivity contribution in [3.63, 3.8) is 0 Å². The predicted octanol–water partition coefficient (Wildman–Crippen LogP) is 15.5. The summed E-state index contributed by atoms with van der Waals surface area (Å²) >= 11 is 0. The van der Waals surface area contributed by atoms with Crippen LogP contribution in [0.1, 0.15) is 265 Å². The Morgan fingerprint density at radius 1 is 0.364 bits per heavy atom.